The molecule has 0 aromatic heterocycles. The largest absolute Gasteiger partial charge is 0.393 e. The zero-order valence-corrected chi connectivity index (χ0v) is 19.1. The molecule has 4 aliphatic carbocycles. The standard InChI is InChI=1S/C27H44O/c1-18(2)7-6-8-19(3)23-11-12-24-22-10-9-20-17-21(28)13-15-26(20,4)25(22)14-16-27(23,24)5/h10,12,18-21,23,25,28H,6-9,11,13-17H2,1-5H3/t19-,20?,21?,23-,25+,26+,27-/m1/s1. The molecule has 0 radical (unpaired) electrons. The van der Waals surface area contributed by atoms with Gasteiger partial charge in [-0.3, -0.25) is 0 Å². The van der Waals surface area contributed by atoms with E-state index in [0.717, 1.165) is 36.5 Å². The van der Waals surface area contributed by atoms with Gasteiger partial charge in [-0.15, -0.1) is 0 Å². The average molecular weight is 385 g/mol. The van der Waals surface area contributed by atoms with Crippen molar-refractivity contribution in [3.63, 3.8) is 0 Å². The maximum Gasteiger partial charge on any atom is 0.0543 e. The number of hydrogen-bond donors (Lipinski definition) is 1. The monoisotopic (exact) mass is 384 g/mol. The molecular formula is C27H44O. The number of rotatable bonds is 5. The molecule has 4 aliphatic rings. The third-order valence-electron chi connectivity index (χ3n) is 9.70. The van der Waals surface area contributed by atoms with E-state index >= 15 is 0 Å². The Hall–Kier alpha value is -0.560. The predicted molar refractivity (Wildman–Crippen MR) is 119 cm³/mol. The van der Waals surface area contributed by atoms with Gasteiger partial charge < -0.3 is 5.11 Å². The molecule has 0 bridgehead atoms. The fraction of sp³-hybridized carbons (Fsp3) is 0.852. The van der Waals surface area contributed by atoms with Crippen molar-refractivity contribution in [3.8, 4) is 0 Å². The molecule has 0 aliphatic heterocycles. The summed E-state index contributed by atoms with van der Waals surface area (Å²) < 4.78 is 0. The fourth-order valence-electron chi connectivity index (χ4n) is 7.83. The fourth-order valence-corrected chi connectivity index (χ4v) is 7.83. The topological polar surface area (TPSA) is 20.2 Å². The van der Waals surface area contributed by atoms with E-state index in [0.29, 0.717) is 16.7 Å². The smallest absolute Gasteiger partial charge is 0.0543 e. The Kier molecular flexibility index (Phi) is 5.62. The van der Waals surface area contributed by atoms with Gasteiger partial charge in [0.05, 0.1) is 6.10 Å². The van der Waals surface area contributed by atoms with Gasteiger partial charge in [0.15, 0.2) is 0 Å². The zero-order chi connectivity index (χ0) is 20.1. The van der Waals surface area contributed by atoms with Crippen molar-refractivity contribution in [3.05, 3.63) is 23.3 Å². The zero-order valence-electron chi connectivity index (χ0n) is 19.1. The lowest BCUT2D eigenvalue weighted by Gasteiger charge is -2.56. The second kappa shape index (κ2) is 7.60. The van der Waals surface area contributed by atoms with Crippen LogP contribution in [-0.2, 0) is 0 Å². The molecule has 1 heteroatoms. The van der Waals surface area contributed by atoms with Crippen molar-refractivity contribution >= 4 is 0 Å². The van der Waals surface area contributed by atoms with Gasteiger partial charge in [0, 0.05) is 0 Å². The van der Waals surface area contributed by atoms with Gasteiger partial charge in [-0.2, -0.15) is 0 Å². The van der Waals surface area contributed by atoms with Gasteiger partial charge in [-0.25, -0.2) is 0 Å². The summed E-state index contributed by atoms with van der Waals surface area (Å²) in [6, 6.07) is 0. The van der Waals surface area contributed by atoms with Crippen LogP contribution in [-0.4, -0.2) is 11.2 Å². The third kappa shape index (κ3) is 3.34. The summed E-state index contributed by atoms with van der Waals surface area (Å²) in [7, 11) is 0. The number of aliphatic hydroxyl groups excluding tert-OH is 1. The second-order valence-electron chi connectivity index (χ2n) is 11.8. The van der Waals surface area contributed by atoms with Crippen LogP contribution in [0.5, 0.6) is 0 Å². The lowest BCUT2D eigenvalue weighted by atomic mass is 9.48. The van der Waals surface area contributed by atoms with Crippen molar-refractivity contribution in [1.82, 2.24) is 0 Å². The van der Waals surface area contributed by atoms with Gasteiger partial charge in [0.2, 0.25) is 0 Å². The Bertz CT molecular complexity index is 643. The normalized spacial score (nSPS) is 43.7. The van der Waals surface area contributed by atoms with Crippen LogP contribution in [0.1, 0.15) is 98.8 Å². The SMILES string of the molecule is CC(C)CCC[C@@H](C)[C@H]1CC=C2C3=CCC4CC(O)CC[C@]4(C)[C@H]3CC[C@@]21C. The summed E-state index contributed by atoms with van der Waals surface area (Å²) in [5, 5.41) is 10.2. The summed E-state index contributed by atoms with van der Waals surface area (Å²) in [6.45, 7) is 12.4. The number of allylic oxidation sites excluding steroid dienone is 4. The van der Waals surface area contributed by atoms with Gasteiger partial charge in [-0.1, -0.05) is 66.0 Å². The van der Waals surface area contributed by atoms with Crippen LogP contribution < -0.4 is 0 Å². The van der Waals surface area contributed by atoms with E-state index in [1.807, 2.05) is 0 Å². The molecule has 0 heterocycles. The minimum atomic E-state index is -0.0522. The first-order chi connectivity index (χ1) is 13.3. The number of fused-ring (bicyclic) bond motifs is 5. The summed E-state index contributed by atoms with van der Waals surface area (Å²) >= 11 is 0. The Morgan fingerprint density at radius 1 is 1.04 bits per heavy atom. The van der Waals surface area contributed by atoms with Crippen LogP contribution in [0, 0.1) is 40.4 Å². The van der Waals surface area contributed by atoms with Crippen LogP contribution in [0.2, 0.25) is 0 Å². The summed E-state index contributed by atoms with van der Waals surface area (Å²) in [6.07, 6.45) is 17.9. The first kappa shape index (κ1) is 20.7. The molecule has 2 saturated carbocycles. The highest BCUT2D eigenvalue weighted by atomic mass is 16.3. The lowest BCUT2D eigenvalue weighted by Crippen LogP contribution is -2.48. The Labute approximate surface area is 174 Å². The molecule has 0 amide bonds. The summed E-state index contributed by atoms with van der Waals surface area (Å²) in [5.41, 5.74) is 4.32. The first-order valence-corrected chi connectivity index (χ1v) is 12.3. The van der Waals surface area contributed by atoms with Gasteiger partial charge in [-0.05, 0) is 96.5 Å². The van der Waals surface area contributed by atoms with Crippen molar-refractivity contribution in [2.24, 2.45) is 40.4 Å². The van der Waals surface area contributed by atoms with Crippen LogP contribution in [0.15, 0.2) is 23.3 Å². The van der Waals surface area contributed by atoms with Crippen LogP contribution in [0.25, 0.3) is 0 Å². The molecule has 1 N–H and O–H groups in total. The molecule has 0 aromatic rings. The van der Waals surface area contributed by atoms with Gasteiger partial charge in [0.25, 0.3) is 0 Å². The molecular weight excluding hydrogens is 340 g/mol. The maximum atomic E-state index is 10.2. The molecule has 1 nitrogen and oxygen atoms in total. The Balaban J connectivity index is 1.51. The molecule has 2 fully saturated rings. The Morgan fingerprint density at radius 2 is 1.82 bits per heavy atom. The lowest BCUT2D eigenvalue weighted by molar-refractivity contribution is -0.0262. The number of aliphatic hydroxyl groups is 1. The second-order valence-corrected chi connectivity index (χ2v) is 11.8. The average Bonchev–Trinajstić information content (AvgIpc) is 2.99. The highest BCUT2D eigenvalue weighted by Crippen LogP contribution is 2.65. The van der Waals surface area contributed by atoms with Gasteiger partial charge >= 0.3 is 0 Å². The molecule has 7 atom stereocenters. The van der Waals surface area contributed by atoms with E-state index in [1.165, 1.54) is 51.4 Å². The molecule has 158 valence electrons. The molecule has 28 heavy (non-hydrogen) atoms. The van der Waals surface area contributed by atoms with Crippen molar-refractivity contribution < 1.29 is 5.11 Å². The molecule has 0 saturated heterocycles. The molecule has 0 aromatic carbocycles. The van der Waals surface area contributed by atoms with Gasteiger partial charge in [0.1, 0.15) is 0 Å². The Morgan fingerprint density at radius 3 is 2.57 bits per heavy atom. The summed E-state index contributed by atoms with van der Waals surface area (Å²) in [5.74, 6) is 3.96. The molecule has 4 rings (SSSR count). The molecule has 0 spiro atoms. The van der Waals surface area contributed by atoms with E-state index in [1.54, 1.807) is 11.1 Å². The van der Waals surface area contributed by atoms with E-state index < -0.39 is 0 Å². The van der Waals surface area contributed by atoms with Crippen molar-refractivity contribution in [1.29, 1.82) is 0 Å². The summed E-state index contributed by atoms with van der Waals surface area (Å²) in [4.78, 5) is 0. The van der Waals surface area contributed by atoms with Crippen molar-refractivity contribution in [2.75, 3.05) is 0 Å². The maximum absolute atomic E-state index is 10.2. The minimum Gasteiger partial charge on any atom is -0.393 e. The first-order valence-electron chi connectivity index (χ1n) is 12.3. The predicted octanol–water partition coefficient (Wildman–Crippen LogP) is 7.31. The van der Waals surface area contributed by atoms with Crippen LogP contribution in [0.4, 0.5) is 0 Å². The number of hydrogen-bond acceptors (Lipinski definition) is 1. The van der Waals surface area contributed by atoms with Crippen LogP contribution in [0.3, 0.4) is 0 Å². The van der Waals surface area contributed by atoms with E-state index in [2.05, 4.69) is 46.8 Å². The quantitative estimate of drug-likeness (QED) is 0.527. The van der Waals surface area contributed by atoms with E-state index in [4.69, 9.17) is 0 Å². The highest BCUT2D eigenvalue weighted by molar-refractivity contribution is 5.46. The van der Waals surface area contributed by atoms with E-state index in [-0.39, 0.29) is 6.10 Å². The highest BCUT2D eigenvalue weighted by Gasteiger charge is 2.55. The van der Waals surface area contributed by atoms with Crippen molar-refractivity contribution in [2.45, 2.75) is 105 Å². The minimum absolute atomic E-state index is 0.0522. The van der Waals surface area contributed by atoms with Crippen LogP contribution >= 0.6 is 0 Å². The van der Waals surface area contributed by atoms with E-state index in [9.17, 15) is 5.11 Å². The molecule has 2 unspecified atom stereocenters. The third-order valence-corrected chi connectivity index (χ3v) is 9.70.